The zero-order chi connectivity index (χ0) is 21.2. The van der Waals surface area contributed by atoms with Crippen molar-refractivity contribution in [2.75, 3.05) is 7.11 Å². The molecule has 6 nitrogen and oxygen atoms in total. The smallest absolute Gasteiger partial charge is 0.219 e. The second-order valence-electron chi connectivity index (χ2n) is 7.23. The molecule has 152 valence electrons. The lowest BCUT2D eigenvalue weighted by Crippen LogP contribution is -2.40. The molecule has 1 atom stereocenters. The van der Waals surface area contributed by atoms with E-state index in [2.05, 4.69) is 4.98 Å². The summed E-state index contributed by atoms with van der Waals surface area (Å²) in [5, 5.41) is 5.60. The number of aromatic nitrogens is 1. The number of ketones is 1. The van der Waals surface area contributed by atoms with E-state index < -0.39 is 14.8 Å². The number of benzene rings is 2. The molecule has 0 aliphatic carbocycles. The second kappa shape index (κ2) is 7.85. The van der Waals surface area contributed by atoms with Crippen LogP contribution in [0.1, 0.15) is 39.8 Å². The number of methoxy groups -OCH3 is 1. The van der Waals surface area contributed by atoms with E-state index in [-0.39, 0.29) is 12.2 Å². The van der Waals surface area contributed by atoms with Crippen molar-refractivity contribution in [3.63, 3.8) is 0 Å². The molecule has 1 heterocycles. The Morgan fingerprint density at radius 2 is 1.72 bits per heavy atom. The lowest BCUT2D eigenvalue weighted by atomic mass is 9.95. The third-order valence-corrected chi connectivity index (χ3v) is 6.83. The molecule has 1 aromatic heterocycles. The number of aromatic amines is 1. The number of hydrogen-bond donors (Lipinski definition) is 2. The Hall–Kier alpha value is -2.90. The summed E-state index contributed by atoms with van der Waals surface area (Å²) in [4.78, 5) is 16.0. The Labute approximate surface area is 170 Å². The zero-order valence-corrected chi connectivity index (χ0v) is 17.4. The lowest BCUT2D eigenvalue weighted by Gasteiger charge is -2.27. The van der Waals surface area contributed by atoms with Crippen LogP contribution in [0.15, 0.2) is 60.7 Å². The summed E-state index contributed by atoms with van der Waals surface area (Å²) in [6.07, 6.45) is 0.118. The highest BCUT2D eigenvalue weighted by atomic mass is 32.2. The van der Waals surface area contributed by atoms with Gasteiger partial charge in [-0.1, -0.05) is 30.3 Å². The minimum absolute atomic E-state index is 0.118. The molecule has 0 aliphatic rings. The number of nitrogens with two attached hydrogens (primary N) is 1. The largest absolute Gasteiger partial charge is 0.497 e. The number of ether oxygens (including phenoxy) is 1. The van der Waals surface area contributed by atoms with Crippen molar-refractivity contribution in [1.29, 1.82) is 0 Å². The summed E-state index contributed by atoms with van der Waals surface area (Å²) >= 11 is 0. The van der Waals surface area contributed by atoms with Crippen LogP contribution < -0.4 is 9.88 Å². The molecule has 3 aromatic rings. The van der Waals surface area contributed by atoms with Gasteiger partial charge in [0.05, 0.1) is 12.8 Å². The Balaban J connectivity index is 1.95. The van der Waals surface area contributed by atoms with Crippen LogP contribution in [0.25, 0.3) is 0 Å². The minimum Gasteiger partial charge on any atom is -0.497 e. The molecule has 0 fully saturated rings. The van der Waals surface area contributed by atoms with Gasteiger partial charge in [-0.05, 0) is 55.3 Å². The number of nitrogens with one attached hydrogen (secondary N) is 1. The van der Waals surface area contributed by atoms with Gasteiger partial charge in [0.1, 0.15) is 10.5 Å². The summed E-state index contributed by atoms with van der Waals surface area (Å²) in [5.74, 6) is 0.491. The number of rotatable bonds is 7. The number of sulfonamides is 1. The van der Waals surface area contributed by atoms with Crippen molar-refractivity contribution < 1.29 is 17.9 Å². The van der Waals surface area contributed by atoms with Crippen LogP contribution in [0.2, 0.25) is 0 Å². The minimum atomic E-state index is -3.92. The van der Waals surface area contributed by atoms with Crippen LogP contribution in [0.5, 0.6) is 5.75 Å². The Bertz CT molecular complexity index is 1120. The fourth-order valence-electron chi connectivity index (χ4n) is 3.37. The Morgan fingerprint density at radius 1 is 1.10 bits per heavy atom. The van der Waals surface area contributed by atoms with Gasteiger partial charge in [-0.2, -0.15) is 0 Å². The molecule has 2 aromatic carbocycles. The summed E-state index contributed by atoms with van der Waals surface area (Å²) in [7, 11) is -2.36. The van der Waals surface area contributed by atoms with E-state index in [4.69, 9.17) is 9.88 Å². The maximum absolute atomic E-state index is 12.9. The van der Waals surface area contributed by atoms with Crippen molar-refractivity contribution in [2.24, 2.45) is 5.14 Å². The number of primary sulfonamides is 1. The van der Waals surface area contributed by atoms with E-state index in [1.165, 1.54) is 0 Å². The van der Waals surface area contributed by atoms with Gasteiger partial charge in [0, 0.05) is 17.7 Å². The first-order chi connectivity index (χ1) is 13.7. The van der Waals surface area contributed by atoms with Crippen molar-refractivity contribution in [1.82, 2.24) is 4.98 Å². The van der Waals surface area contributed by atoms with Crippen LogP contribution >= 0.6 is 0 Å². The average molecular weight is 413 g/mol. The van der Waals surface area contributed by atoms with Gasteiger partial charge in [0.15, 0.2) is 0 Å². The summed E-state index contributed by atoms with van der Waals surface area (Å²) in [6, 6.07) is 17.5. The third kappa shape index (κ3) is 4.11. The lowest BCUT2D eigenvalue weighted by molar-refractivity contribution is 0.103. The van der Waals surface area contributed by atoms with Crippen LogP contribution in [-0.4, -0.2) is 26.3 Å². The second-order valence-corrected chi connectivity index (χ2v) is 9.22. The van der Waals surface area contributed by atoms with E-state index in [0.29, 0.717) is 28.3 Å². The molecule has 0 amide bonds. The van der Waals surface area contributed by atoms with Crippen molar-refractivity contribution in [2.45, 2.75) is 25.0 Å². The fourth-order valence-corrected chi connectivity index (χ4v) is 4.19. The molecule has 7 heteroatoms. The van der Waals surface area contributed by atoms with E-state index in [1.54, 1.807) is 68.6 Å². The molecule has 0 aliphatic heterocycles. The predicted octanol–water partition coefficient (Wildman–Crippen LogP) is 3.31. The molecule has 0 spiro atoms. The topological polar surface area (TPSA) is 102 Å². The molecule has 0 saturated carbocycles. The molecule has 1 unspecified atom stereocenters. The number of carbonyl (C=O) groups is 1. The summed E-state index contributed by atoms with van der Waals surface area (Å²) in [6.45, 7) is 3.41. The van der Waals surface area contributed by atoms with Crippen LogP contribution in [0, 0.1) is 6.92 Å². The third-order valence-electron chi connectivity index (χ3n) is 5.19. The molecule has 0 bridgehead atoms. The van der Waals surface area contributed by atoms with Gasteiger partial charge in [-0.15, -0.1) is 0 Å². The number of aryl methyl sites for hydroxylation is 1. The van der Waals surface area contributed by atoms with Gasteiger partial charge >= 0.3 is 0 Å². The maximum atomic E-state index is 12.9. The van der Waals surface area contributed by atoms with Crippen LogP contribution in [-0.2, 0) is 21.2 Å². The first-order valence-corrected chi connectivity index (χ1v) is 10.7. The van der Waals surface area contributed by atoms with E-state index >= 15 is 0 Å². The number of hydrogen-bond acceptors (Lipinski definition) is 4. The summed E-state index contributed by atoms with van der Waals surface area (Å²) < 4.78 is 28.7. The van der Waals surface area contributed by atoms with Gasteiger partial charge in [0.25, 0.3) is 0 Å². The fraction of sp³-hybridized carbons (Fsp3) is 0.227. The maximum Gasteiger partial charge on any atom is 0.219 e. The molecular formula is C22H24N2O4S. The molecule has 0 radical (unpaired) electrons. The molecule has 0 saturated heterocycles. The van der Waals surface area contributed by atoms with E-state index in [9.17, 15) is 13.2 Å². The number of carbonyl (C=O) groups excluding carboxylic acids is 1. The highest BCUT2D eigenvalue weighted by Crippen LogP contribution is 2.32. The standard InChI is InChI=1S/C22H24N2O4S/c1-15-13-18(14-22(2,29(23,26)27)17-7-5-4-6-8-17)24-20(15)21(25)16-9-11-19(28-3)12-10-16/h4-13,24H,14H2,1-3H3,(H2,23,26,27). The van der Waals surface area contributed by atoms with E-state index in [0.717, 1.165) is 5.56 Å². The van der Waals surface area contributed by atoms with Gasteiger partial charge in [0.2, 0.25) is 15.8 Å². The highest BCUT2D eigenvalue weighted by molar-refractivity contribution is 7.90. The quantitative estimate of drug-likeness (QED) is 0.581. The molecule has 29 heavy (non-hydrogen) atoms. The summed E-state index contributed by atoms with van der Waals surface area (Å²) in [5.41, 5.74) is 2.90. The normalized spacial score (nSPS) is 13.7. The molecule has 3 N–H and O–H groups in total. The number of H-pyrrole nitrogens is 1. The SMILES string of the molecule is COc1ccc(C(=O)c2[nH]c(CC(C)(c3ccccc3)S(N)(=O)=O)cc2C)cc1. The highest BCUT2D eigenvalue weighted by Gasteiger charge is 2.39. The average Bonchev–Trinajstić information content (AvgIpc) is 3.07. The van der Waals surface area contributed by atoms with Gasteiger partial charge < -0.3 is 9.72 Å². The van der Waals surface area contributed by atoms with Crippen LogP contribution in [0.3, 0.4) is 0 Å². The monoisotopic (exact) mass is 412 g/mol. The first kappa shape index (κ1) is 20.8. The van der Waals surface area contributed by atoms with E-state index in [1.807, 2.05) is 13.0 Å². The predicted molar refractivity (Wildman–Crippen MR) is 113 cm³/mol. The molecular weight excluding hydrogens is 388 g/mol. The van der Waals surface area contributed by atoms with Crippen molar-refractivity contribution in [3.8, 4) is 5.75 Å². The zero-order valence-electron chi connectivity index (χ0n) is 16.6. The van der Waals surface area contributed by atoms with Gasteiger partial charge in [-0.25, -0.2) is 13.6 Å². The van der Waals surface area contributed by atoms with Crippen LogP contribution in [0.4, 0.5) is 0 Å². The Kier molecular flexibility index (Phi) is 5.64. The first-order valence-electron chi connectivity index (χ1n) is 9.11. The molecule has 3 rings (SSSR count). The van der Waals surface area contributed by atoms with Gasteiger partial charge in [-0.3, -0.25) is 4.79 Å². The Morgan fingerprint density at radius 3 is 2.28 bits per heavy atom. The van der Waals surface area contributed by atoms with Crippen molar-refractivity contribution in [3.05, 3.63) is 88.7 Å². The van der Waals surface area contributed by atoms with Crippen molar-refractivity contribution >= 4 is 15.8 Å².